The van der Waals surface area contributed by atoms with E-state index in [2.05, 4.69) is 10.3 Å². The van der Waals surface area contributed by atoms with Crippen molar-refractivity contribution >= 4 is 11.9 Å². The van der Waals surface area contributed by atoms with Gasteiger partial charge in [-0.15, -0.1) is 0 Å². The highest BCUT2D eigenvalue weighted by molar-refractivity contribution is 5.93. The Kier molecular flexibility index (Phi) is 6.59. The summed E-state index contributed by atoms with van der Waals surface area (Å²) in [5, 5.41) is 12.0. The topological polar surface area (TPSA) is 88.5 Å². The first-order chi connectivity index (χ1) is 14.8. The number of carbonyl (C=O) groups is 2. The molecule has 160 valence electrons. The van der Waals surface area contributed by atoms with Crippen LogP contribution in [0.15, 0.2) is 54.6 Å². The fourth-order valence-corrected chi connectivity index (χ4v) is 3.24. The smallest absolute Gasteiger partial charge is 0.305 e. The molecule has 0 fully saturated rings. The van der Waals surface area contributed by atoms with Gasteiger partial charge in [0.15, 0.2) is 0 Å². The molecule has 1 heterocycles. The van der Waals surface area contributed by atoms with Gasteiger partial charge >= 0.3 is 5.97 Å². The van der Waals surface area contributed by atoms with E-state index in [4.69, 9.17) is 4.74 Å². The molecule has 1 atom stereocenters. The number of ether oxygens (including phenoxy) is 1. The Morgan fingerprint density at radius 2 is 1.87 bits per heavy atom. The molecule has 0 aliphatic heterocycles. The lowest BCUT2D eigenvalue weighted by Crippen LogP contribution is -2.31. The summed E-state index contributed by atoms with van der Waals surface area (Å²) in [5.74, 6) is -3.12. The summed E-state index contributed by atoms with van der Waals surface area (Å²) in [5.41, 5.74) is 1.41. The summed E-state index contributed by atoms with van der Waals surface area (Å²) in [4.78, 5) is 28.4. The summed E-state index contributed by atoms with van der Waals surface area (Å²) in [6.45, 7) is 1.82. The van der Waals surface area contributed by atoms with Crippen molar-refractivity contribution in [3.05, 3.63) is 83.1 Å². The number of nitrogens with zero attached hydrogens (tertiary/aromatic N) is 1. The van der Waals surface area contributed by atoms with E-state index in [1.165, 1.54) is 25.3 Å². The number of methoxy groups -OCH3 is 1. The molecule has 3 rings (SSSR count). The summed E-state index contributed by atoms with van der Waals surface area (Å²) in [6.07, 6.45) is -0.327. The molecule has 1 aromatic heterocycles. The standard InChI is InChI=1S/C23H20F2N2O4/c1-13-5-3-4-6-15(13)19(12-21(28)29)27-23(30)18-9-10-20(31-2)22(26-18)16-8-7-14(24)11-17(16)25/h3-11,19H,12H2,1-2H3,(H,27,30)(H,28,29)/t19-/m0/s1. The zero-order valence-electron chi connectivity index (χ0n) is 16.9. The quantitative estimate of drug-likeness (QED) is 0.588. The van der Waals surface area contributed by atoms with Gasteiger partial charge in [-0.2, -0.15) is 0 Å². The van der Waals surface area contributed by atoms with Gasteiger partial charge in [-0.05, 0) is 42.3 Å². The summed E-state index contributed by atoms with van der Waals surface area (Å²) >= 11 is 0. The van der Waals surface area contributed by atoms with Crippen LogP contribution in [0.5, 0.6) is 5.75 Å². The molecule has 31 heavy (non-hydrogen) atoms. The third-order valence-electron chi connectivity index (χ3n) is 4.74. The Labute approximate surface area is 177 Å². The highest BCUT2D eigenvalue weighted by Crippen LogP contribution is 2.31. The van der Waals surface area contributed by atoms with Crippen LogP contribution in [-0.4, -0.2) is 29.1 Å². The van der Waals surface area contributed by atoms with Gasteiger partial charge in [0, 0.05) is 11.6 Å². The number of carboxylic acids is 1. The van der Waals surface area contributed by atoms with Crippen molar-refractivity contribution in [1.82, 2.24) is 10.3 Å². The fourth-order valence-electron chi connectivity index (χ4n) is 3.24. The molecular weight excluding hydrogens is 406 g/mol. The highest BCUT2D eigenvalue weighted by Gasteiger charge is 2.22. The van der Waals surface area contributed by atoms with Gasteiger partial charge in [0.2, 0.25) is 0 Å². The molecule has 6 nitrogen and oxygen atoms in total. The van der Waals surface area contributed by atoms with Crippen LogP contribution >= 0.6 is 0 Å². The Bertz CT molecular complexity index is 1130. The minimum atomic E-state index is -1.08. The Balaban J connectivity index is 1.97. The van der Waals surface area contributed by atoms with E-state index < -0.39 is 29.6 Å². The molecule has 3 aromatic rings. The zero-order valence-corrected chi connectivity index (χ0v) is 16.9. The van der Waals surface area contributed by atoms with E-state index in [-0.39, 0.29) is 29.1 Å². The fraction of sp³-hybridized carbons (Fsp3) is 0.174. The van der Waals surface area contributed by atoms with Gasteiger partial charge in [-0.25, -0.2) is 13.8 Å². The number of halogens is 2. The molecule has 0 aliphatic carbocycles. The first kappa shape index (κ1) is 21.9. The lowest BCUT2D eigenvalue weighted by molar-refractivity contribution is -0.137. The normalized spacial score (nSPS) is 11.6. The van der Waals surface area contributed by atoms with Crippen molar-refractivity contribution in [3.8, 4) is 17.0 Å². The number of amides is 1. The lowest BCUT2D eigenvalue weighted by Gasteiger charge is -2.19. The Morgan fingerprint density at radius 3 is 2.52 bits per heavy atom. The molecular formula is C23H20F2N2O4. The van der Waals surface area contributed by atoms with Gasteiger partial charge in [0.05, 0.1) is 19.6 Å². The predicted molar refractivity (Wildman–Crippen MR) is 110 cm³/mol. The van der Waals surface area contributed by atoms with E-state index >= 15 is 0 Å². The summed E-state index contributed by atoms with van der Waals surface area (Å²) in [6, 6.07) is 12.2. The molecule has 0 aliphatic rings. The maximum absolute atomic E-state index is 14.3. The van der Waals surface area contributed by atoms with Crippen LogP contribution in [0, 0.1) is 18.6 Å². The molecule has 2 aromatic carbocycles. The molecule has 8 heteroatoms. The molecule has 0 saturated carbocycles. The molecule has 0 spiro atoms. The number of pyridine rings is 1. The van der Waals surface area contributed by atoms with Crippen molar-refractivity contribution in [1.29, 1.82) is 0 Å². The van der Waals surface area contributed by atoms with E-state index in [9.17, 15) is 23.5 Å². The van der Waals surface area contributed by atoms with Crippen molar-refractivity contribution in [2.75, 3.05) is 7.11 Å². The lowest BCUT2D eigenvalue weighted by atomic mass is 9.98. The van der Waals surface area contributed by atoms with Crippen molar-refractivity contribution in [2.24, 2.45) is 0 Å². The zero-order chi connectivity index (χ0) is 22.5. The van der Waals surface area contributed by atoms with Crippen molar-refractivity contribution < 1.29 is 28.2 Å². The van der Waals surface area contributed by atoms with Gasteiger partial charge in [0.1, 0.15) is 28.8 Å². The minimum Gasteiger partial charge on any atom is -0.494 e. The van der Waals surface area contributed by atoms with Crippen LogP contribution in [0.4, 0.5) is 8.78 Å². The SMILES string of the molecule is COc1ccc(C(=O)N[C@@H](CC(=O)O)c2ccccc2C)nc1-c1ccc(F)cc1F. The minimum absolute atomic E-state index is 0.0262. The first-order valence-corrected chi connectivity index (χ1v) is 9.38. The largest absolute Gasteiger partial charge is 0.494 e. The number of rotatable bonds is 7. The van der Waals surface area contributed by atoms with Gasteiger partial charge in [0.25, 0.3) is 5.91 Å². The number of carbonyl (C=O) groups excluding carboxylic acids is 1. The second-order valence-electron chi connectivity index (χ2n) is 6.85. The van der Waals surface area contributed by atoms with E-state index in [1.807, 2.05) is 19.1 Å². The number of benzene rings is 2. The molecule has 0 bridgehead atoms. The van der Waals surface area contributed by atoms with Crippen molar-refractivity contribution in [2.45, 2.75) is 19.4 Å². The van der Waals surface area contributed by atoms with Crippen LogP contribution in [0.1, 0.15) is 34.1 Å². The number of nitrogens with one attached hydrogen (secondary N) is 1. The Morgan fingerprint density at radius 1 is 1.13 bits per heavy atom. The number of aromatic nitrogens is 1. The number of aryl methyl sites for hydroxylation is 1. The third kappa shape index (κ3) is 5.03. The van der Waals surface area contributed by atoms with E-state index in [0.29, 0.717) is 11.6 Å². The molecule has 0 saturated heterocycles. The van der Waals surface area contributed by atoms with Crippen molar-refractivity contribution in [3.63, 3.8) is 0 Å². The molecule has 2 N–H and O–H groups in total. The van der Waals surface area contributed by atoms with Gasteiger partial charge in [-0.1, -0.05) is 24.3 Å². The van der Waals surface area contributed by atoms with E-state index in [0.717, 1.165) is 11.6 Å². The first-order valence-electron chi connectivity index (χ1n) is 9.38. The Hall–Kier alpha value is -3.81. The number of carboxylic acid groups (broad SMARTS) is 1. The average molecular weight is 426 g/mol. The summed E-state index contributed by atoms with van der Waals surface area (Å²) in [7, 11) is 1.36. The molecule has 1 amide bonds. The van der Waals surface area contributed by atoms with Crippen LogP contribution in [0.25, 0.3) is 11.3 Å². The van der Waals surface area contributed by atoms with Crippen LogP contribution in [0.2, 0.25) is 0 Å². The maximum Gasteiger partial charge on any atom is 0.305 e. The number of hydrogen-bond acceptors (Lipinski definition) is 4. The monoisotopic (exact) mass is 426 g/mol. The molecule has 0 radical (unpaired) electrons. The van der Waals surface area contributed by atoms with Gasteiger partial charge < -0.3 is 15.2 Å². The second-order valence-corrected chi connectivity index (χ2v) is 6.85. The highest BCUT2D eigenvalue weighted by atomic mass is 19.1. The number of aliphatic carboxylic acids is 1. The predicted octanol–water partition coefficient (Wildman–Crippen LogP) is 4.29. The maximum atomic E-state index is 14.3. The number of hydrogen-bond donors (Lipinski definition) is 2. The second kappa shape index (κ2) is 9.34. The molecule has 0 unspecified atom stereocenters. The average Bonchev–Trinajstić information content (AvgIpc) is 2.73. The van der Waals surface area contributed by atoms with Crippen LogP contribution in [0.3, 0.4) is 0 Å². The third-order valence-corrected chi connectivity index (χ3v) is 4.74. The van der Waals surface area contributed by atoms with Crippen LogP contribution in [-0.2, 0) is 4.79 Å². The van der Waals surface area contributed by atoms with Gasteiger partial charge in [-0.3, -0.25) is 9.59 Å². The van der Waals surface area contributed by atoms with E-state index in [1.54, 1.807) is 12.1 Å². The van der Waals surface area contributed by atoms with Crippen LogP contribution < -0.4 is 10.1 Å². The summed E-state index contributed by atoms with van der Waals surface area (Å²) < 4.78 is 32.8.